The van der Waals surface area contributed by atoms with Gasteiger partial charge in [-0.1, -0.05) is 25.1 Å². The smallest absolute Gasteiger partial charge is 0.345 e. The number of para-hydroxylation sites is 1. The molecule has 2 aromatic heterocycles. The van der Waals surface area contributed by atoms with Gasteiger partial charge < -0.3 is 14.6 Å². The van der Waals surface area contributed by atoms with Gasteiger partial charge in [0.2, 0.25) is 11.8 Å². The molecule has 1 N–H and O–H groups in total. The molecule has 1 aromatic carbocycles. The Morgan fingerprint density at radius 3 is 2.84 bits per heavy atom. The van der Waals surface area contributed by atoms with Gasteiger partial charge in [-0.3, -0.25) is 9.59 Å². The number of carbonyl (C=O) groups is 2. The highest BCUT2D eigenvalue weighted by Crippen LogP contribution is 2.25. The molecule has 1 aliphatic heterocycles. The van der Waals surface area contributed by atoms with Crippen molar-refractivity contribution in [2.75, 3.05) is 29.9 Å². The second-order valence-corrected chi connectivity index (χ2v) is 9.47. The van der Waals surface area contributed by atoms with Crippen molar-refractivity contribution >= 4 is 51.0 Å². The molecule has 0 radical (unpaired) electrons. The summed E-state index contributed by atoms with van der Waals surface area (Å²) in [5, 5.41) is 5.66. The number of rotatable bonds is 6. The van der Waals surface area contributed by atoms with Crippen LogP contribution in [-0.4, -0.2) is 46.3 Å². The summed E-state index contributed by atoms with van der Waals surface area (Å²) in [4.78, 5) is 43.0. The normalized spacial score (nSPS) is 14.7. The Morgan fingerprint density at radius 2 is 2.03 bits per heavy atom. The molecule has 0 unspecified atom stereocenters. The van der Waals surface area contributed by atoms with Crippen molar-refractivity contribution in [1.29, 1.82) is 0 Å². The third-order valence-electron chi connectivity index (χ3n) is 5.26. The van der Waals surface area contributed by atoms with E-state index in [1.54, 1.807) is 23.6 Å². The number of likely N-dealkylation sites (tertiary alicyclic amines) is 1. The molecule has 0 bridgehead atoms. The van der Waals surface area contributed by atoms with Gasteiger partial charge >= 0.3 is 5.63 Å². The van der Waals surface area contributed by atoms with Crippen LogP contribution >= 0.6 is 23.1 Å². The molecule has 9 heteroatoms. The van der Waals surface area contributed by atoms with Gasteiger partial charge in [-0.25, -0.2) is 9.78 Å². The summed E-state index contributed by atoms with van der Waals surface area (Å²) in [6, 6.07) is 9.01. The number of benzene rings is 1. The number of anilines is 1. The van der Waals surface area contributed by atoms with Crippen LogP contribution in [0.4, 0.5) is 5.13 Å². The SMILES string of the molecule is CC1CCN(C(=O)CSCC(=O)Nc2nc(-c3cc4ccccc4oc3=O)cs2)CC1. The Hall–Kier alpha value is -2.65. The lowest BCUT2D eigenvalue weighted by atomic mass is 9.99. The molecule has 4 rings (SSSR count). The van der Waals surface area contributed by atoms with Gasteiger partial charge in [0.25, 0.3) is 0 Å². The fourth-order valence-corrected chi connectivity index (χ4v) is 4.87. The van der Waals surface area contributed by atoms with Crippen LogP contribution in [0.5, 0.6) is 0 Å². The molecule has 0 saturated carbocycles. The highest BCUT2D eigenvalue weighted by atomic mass is 32.2. The van der Waals surface area contributed by atoms with Crippen LogP contribution in [0, 0.1) is 5.92 Å². The molecule has 162 valence electrons. The van der Waals surface area contributed by atoms with Crippen molar-refractivity contribution in [2.24, 2.45) is 5.92 Å². The number of aromatic nitrogens is 1. The Labute approximate surface area is 187 Å². The molecular weight excluding hydrogens is 434 g/mol. The first-order valence-corrected chi connectivity index (χ1v) is 12.2. The number of thiazole rings is 1. The van der Waals surface area contributed by atoms with Crippen LogP contribution in [0.15, 0.2) is 44.9 Å². The van der Waals surface area contributed by atoms with Gasteiger partial charge in [-0.15, -0.1) is 23.1 Å². The summed E-state index contributed by atoms with van der Waals surface area (Å²) in [5.74, 6) is 0.999. The van der Waals surface area contributed by atoms with Crippen LogP contribution in [-0.2, 0) is 9.59 Å². The summed E-state index contributed by atoms with van der Waals surface area (Å²) in [6.45, 7) is 3.81. The van der Waals surface area contributed by atoms with Crippen LogP contribution in [0.1, 0.15) is 19.8 Å². The van der Waals surface area contributed by atoms with E-state index in [1.807, 2.05) is 17.0 Å². The second-order valence-electron chi connectivity index (χ2n) is 7.63. The van der Waals surface area contributed by atoms with Crippen LogP contribution in [0.25, 0.3) is 22.2 Å². The predicted octanol–water partition coefficient (Wildman–Crippen LogP) is 3.85. The lowest BCUT2D eigenvalue weighted by Gasteiger charge is -2.30. The second kappa shape index (κ2) is 9.65. The van der Waals surface area contributed by atoms with E-state index in [-0.39, 0.29) is 17.6 Å². The summed E-state index contributed by atoms with van der Waals surface area (Å²) >= 11 is 2.54. The van der Waals surface area contributed by atoms with Crippen molar-refractivity contribution in [3.63, 3.8) is 0 Å². The first kappa shape index (κ1) is 21.6. The number of hydrogen-bond donors (Lipinski definition) is 1. The molecule has 0 atom stereocenters. The molecule has 2 amide bonds. The average Bonchev–Trinajstić information content (AvgIpc) is 3.21. The number of fused-ring (bicyclic) bond motifs is 1. The molecule has 7 nitrogen and oxygen atoms in total. The Bertz CT molecular complexity index is 1150. The number of thioether (sulfide) groups is 1. The lowest BCUT2D eigenvalue weighted by molar-refractivity contribution is -0.129. The molecule has 0 aliphatic carbocycles. The third-order valence-corrected chi connectivity index (χ3v) is 6.94. The van der Waals surface area contributed by atoms with Crippen molar-refractivity contribution < 1.29 is 14.0 Å². The molecule has 1 aliphatic rings. The predicted molar refractivity (Wildman–Crippen MR) is 125 cm³/mol. The lowest BCUT2D eigenvalue weighted by Crippen LogP contribution is -2.39. The minimum atomic E-state index is -0.469. The molecule has 3 aromatic rings. The van der Waals surface area contributed by atoms with E-state index in [2.05, 4.69) is 17.2 Å². The zero-order chi connectivity index (χ0) is 21.8. The van der Waals surface area contributed by atoms with Crippen molar-refractivity contribution in [1.82, 2.24) is 9.88 Å². The Morgan fingerprint density at radius 1 is 1.26 bits per heavy atom. The molecule has 1 fully saturated rings. The molecular formula is C22H23N3O4S2. The highest BCUT2D eigenvalue weighted by molar-refractivity contribution is 8.00. The van der Waals surface area contributed by atoms with Crippen LogP contribution in [0.2, 0.25) is 0 Å². The Balaban J connectivity index is 1.31. The summed E-state index contributed by atoms with van der Waals surface area (Å²) < 4.78 is 5.35. The topological polar surface area (TPSA) is 92.5 Å². The zero-order valence-electron chi connectivity index (χ0n) is 17.1. The number of carbonyl (C=O) groups excluding carboxylic acids is 2. The molecule has 3 heterocycles. The third kappa shape index (κ3) is 5.34. The van der Waals surface area contributed by atoms with Gasteiger partial charge in [0.1, 0.15) is 5.58 Å². The largest absolute Gasteiger partial charge is 0.422 e. The fraction of sp³-hybridized carbons (Fsp3) is 0.364. The zero-order valence-corrected chi connectivity index (χ0v) is 18.8. The first-order chi connectivity index (χ1) is 15.0. The number of hydrogen-bond acceptors (Lipinski definition) is 7. The maximum Gasteiger partial charge on any atom is 0.345 e. The first-order valence-electron chi connectivity index (χ1n) is 10.1. The highest BCUT2D eigenvalue weighted by Gasteiger charge is 2.20. The monoisotopic (exact) mass is 457 g/mol. The van der Waals surface area contributed by atoms with Crippen molar-refractivity contribution in [3.8, 4) is 11.3 Å². The van der Waals surface area contributed by atoms with Gasteiger partial charge in [-0.2, -0.15) is 0 Å². The van der Waals surface area contributed by atoms with E-state index in [9.17, 15) is 14.4 Å². The minimum Gasteiger partial charge on any atom is -0.422 e. The van der Waals surface area contributed by atoms with Gasteiger partial charge in [-0.05, 0) is 30.9 Å². The van der Waals surface area contributed by atoms with Crippen molar-refractivity contribution in [2.45, 2.75) is 19.8 Å². The average molecular weight is 458 g/mol. The molecule has 0 spiro atoms. The number of amides is 2. The van der Waals surface area contributed by atoms with E-state index in [0.717, 1.165) is 31.3 Å². The summed E-state index contributed by atoms with van der Waals surface area (Å²) in [7, 11) is 0. The fourth-order valence-electron chi connectivity index (χ4n) is 3.43. The van der Waals surface area contributed by atoms with Gasteiger partial charge in [0.05, 0.1) is 22.8 Å². The van der Waals surface area contributed by atoms with E-state index < -0.39 is 5.63 Å². The number of nitrogens with zero attached hydrogens (tertiary/aromatic N) is 2. The number of nitrogens with one attached hydrogen (secondary N) is 1. The maximum atomic E-state index is 12.3. The van der Waals surface area contributed by atoms with Crippen LogP contribution in [0.3, 0.4) is 0 Å². The summed E-state index contributed by atoms with van der Waals surface area (Å²) in [6.07, 6.45) is 2.08. The van der Waals surface area contributed by atoms with Gasteiger partial charge in [0.15, 0.2) is 5.13 Å². The van der Waals surface area contributed by atoms with Crippen LogP contribution < -0.4 is 10.9 Å². The molecule has 31 heavy (non-hydrogen) atoms. The molecule has 1 saturated heterocycles. The minimum absolute atomic E-state index is 0.0873. The van der Waals surface area contributed by atoms with Crippen molar-refractivity contribution in [3.05, 3.63) is 46.1 Å². The quantitative estimate of drug-likeness (QED) is 0.565. The van der Waals surface area contributed by atoms with E-state index in [1.165, 1.54) is 23.1 Å². The van der Waals surface area contributed by atoms with E-state index >= 15 is 0 Å². The van der Waals surface area contributed by atoms with E-state index in [4.69, 9.17) is 4.42 Å². The summed E-state index contributed by atoms with van der Waals surface area (Å²) in [5.41, 5.74) is 0.863. The maximum absolute atomic E-state index is 12.3. The van der Waals surface area contributed by atoms with E-state index in [0.29, 0.717) is 33.6 Å². The van der Waals surface area contributed by atoms with Gasteiger partial charge in [0, 0.05) is 23.9 Å². The number of piperidine rings is 1. The standard InChI is InChI=1S/C22H23N3O4S2/c1-14-6-8-25(9-7-14)20(27)13-30-12-19(26)24-22-23-17(11-31-22)16-10-15-4-2-3-5-18(15)29-21(16)28/h2-5,10-11,14H,6-9,12-13H2,1H3,(H,23,24,26). The Kier molecular flexibility index (Phi) is 6.72.